The lowest BCUT2D eigenvalue weighted by atomic mass is 9.94. The topological polar surface area (TPSA) is 26.0 Å². The molecule has 154 valence electrons. The molecular weight excluding hydrogens is 378 g/mol. The number of pyridine rings is 1. The summed E-state index contributed by atoms with van der Waals surface area (Å²) in [6.07, 6.45) is 1.76. The summed E-state index contributed by atoms with van der Waals surface area (Å²) in [4.78, 5) is 4.54. The van der Waals surface area contributed by atoms with Crippen molar-refractivity contribution in [1.82, 2.24) is 4.98 Å². The van der Waals surface area contributed by atoms with E-state index in [9.17, 15) is 0 Å². The highest BCUT2D eigenvalue weighted by molar-refractivity contribution is 6.08. The van der Waals surface area contributed by atoms with Crippen LogP contribution < -0.4 is 0 Å². The van der Waals surface area contributed by atoms with Gasteiger partial charge in [-0.25, -0.2) is 0 Å². The number of furan rings is 1. The van der Waals surface area contributed by atoms with Crippen molar-refractivity contribution in [3.63, 3.8) is 0 Å². The van der Waals surface area contributed by atoms with Crippen LogP contribution in [0.3, 0.4) is 0 Å². The second-order valence-electron chi connectivity index (χ2n) is 8.51. The molecule has 3 aromatic carbocycles. The normalized spacial score (nSPS) is 13.4. The molecule has 0 saturated heterocycles. The summed E-state index contributed by atoms with van der Waals surface area (Å²) in [5.74, 6) is -1.50. The Kier molecular flexibility index (Phi) is 4.30. The molecule has 0 amide bonds. The Balaban J connectivity index is 1.72. The molecule has 31 heavy (non-hydrogen) atoms. The number of rotatable bonds is 4. The van der Waals surface area contributed by atoms with E-state index in [2.05, 4.69) is 41.4 Å². The molecule has 2 nitrogen and oxygen atoms in total. The maximum Gasteiger partial charge on any atom is 0.138 e. The summed E-state index contributed by atoms with van der Waals surface area (Å²) in [6.45, 7) is 7.55. The van der Waals surface area contributed by atoms with E-state index in [-0.39, 0.29) is 0 Å². The molecule has 0 N–H and O–H groups in total. The van der Waals surface area contributed by atoms with Crippen molar-refractivity contribution in [3.05, 3.63) is 90.1 Å². The van der Waals surface area contributed by atoms with Crippen LogP contribution in [0.15, 0.2) is 83.4 Å². The highest BCUT2D eigenvalue weighted by Crippen LogP contribution is 2.39. The second-order valence-corrected chi connectivity index (χ2v) is 8.51. The van der Waals surface area contributed by atoms with Crippen LogP contribution in [0, 0.1) is 0 Å². The number of nitrogens with zero attached hydrogens (tertiary/aromatic N) is 1. The van der Waals surface area contributed by atoms with Crippen LogP contribution in [-0.4, -0.2) is 4.98 Å². The molecule has 5 rings (SSSR count). The van der Waals surface area contributed by atoms with Crippen LogP contribution in [0.1, 0.15) is 53.4 Å². The van der Waals surface area contributed by atoms with E-state index in [1.54, 1.807) is 6.20 Å². The van der Waals surface area contributed by atoms with E-state index in [0.717, 1.165) is 55.4 Å². The van der Waals surface area contributed by atoms with Gasteiger partial charge in [0.1, 0.15) is 11.2 Å². The molecule has 2 aromatic heterocycles. The molecule has 0 radical (unpaired) electrons. The van der Waals surface area contributed by atoms with E-state index in [4.69, 9.17) is 7.16 Å². The molecule has 0 aliphatic carbocycles. The lowest BCUT2D eigenvalue weighted by Gasteiger charge is -2.10. The van der Waals surface area contributed by atoms with E-state index in [1.165, 1.54) is 0 Å². The Hall–Kier alpha value is -3.39. The highest BCUT2D eigenvalue weighted by Gasteiger charge is 2.16. The number of fused-ring (bicyclic) bond motifs is 3. The van der Waals surface area contributed by atoms with Crippen molar-refractivity contribution in [2.45, 2.75) is 39.5 Å². The van der Waals surface area contributed by atoms with Crippen LogP contribution in [0.5, 0.6) is 0 Å². The fraction of sp³-hybridized carbons (Fsp3) is 0.207. The predicted molar refractivity (Wildman–Crippen MR) is 131 cm³/mol. The summed E-state index contributed by atoms with van der Waals surface area (Å²) < 4.78 is 23.5. The fourth-order valence-electron chi connectivity index (χ4n) is 4.11. The first-order valence-electron chi connectivity index (χ1n) is 11.6. The summed E-state index contributed by atoms with van der Waals surface area (Å²) in [6, 6.07) is 24.5. The third kappa shape index (κ3) is 3.53. The van der Waals surface area contributed by atoms with Gasteiger partial charge in [0.15, 0.2) is 0 Å². The molecule has 0 bridgehead atoms. The molecule has 5 aromatic rings. The Morgan fingerprint density at radius 1 is 0.742 bits per heavy atom. The van der Waals surface area contributed by atoms with Gasteiger partial charge in [-0.15, -0.1) is 0 Å². The molecule has 0 unspecified atom stereocenters. The van der Waals surface area contributed by atoms with Gasteiger partial charge in [0, 0.05) is 25.3 Å². The van der Waals surface area contributed by atoms with Crippen molar-refractivity contribution < 1.29 is 7.16 Å². The zero-order chi connectivity index (χ0) is 23.4. The Morgan fingerprint density at radius 3 is 2.29 bits per heavy atom. The third-order valence-corrected chi connectivity index (χ3v) is 5.85. The van der Waals surface area contributed by atoms with Crippen LogP contribution in [0.4, 0.5) is 0 Å². The largest absolute Gasteiger partial charge is 0.456 e. The van der Waals surface area contributed by atoms with Gasteiger partial charge in [0.05, 0.1) is 5.69 Å². The molecule has 2 heteroatoms. The summed E-state index contributed by atoms with van der Waals surface area (Å²) in [5, 5.41) is 2.04. The lowest BCUT2D eigenvalue weighted by Crippen LogP contribution is -1.90. The quantitative estimate of drug-likeness (QED) is 0.298. The first-order chi connectivity index (χ1) is 15.6. The average Bonchev–Trinajstić information content (AvgIpc) is 3.15. The van der Waals surface area contributed by atoms with Crippen LogP contribution >= 0.6 is 0 Å². The van der Waals surface area contributed by atoms with Gasteiger partial charge < -0.3 is 4.42 Å². The summed E-state index contributed by atoms with van der Waals surface area (Å²) in [7, 11) is 0. The van der Waals surface area contributed by atoms with Gasteiger partial charge in [-0.1, -0.05) is 64.1 Å². The van der Waals surface area contributed by atoms with Gasteiger partial charge in [-0.3, -0.25) is 4.98 Å². The SMILES string of the molecule is [2H]C(C)(C)c1ccnc(-c2ccc3c(c2)oc2c(C([2H])(C)C)cc(-c4ccccc4)cc23)c1. The maximum atomic E-state index is 8.76. The van der Waals surface area contributed by atoms with Gasteiger partial charge in [0.2, 0.25) is 0 Å². The average molecular weight is 408 g/mol. The third-order valence-electron chi connectivity index (χ3n) is 5.85. The number of hydrogen-bond donors (Lipinski definition) is 0. The number of aromatic nitrogens is 1. The minimum Gasteiger partial charge on any atom is -0.456 e. The zero-order valence-electron chi connectivity index (χ0n) is 20.4. The minimum atomic E-state index is -0.810. The van der Waals surface area contributed by atoms with Crippen molar-refractivity contribution in [2.24, 2.45) is 0 Å². The smallest absolute Gasteiger partial charge is 0.138 e. The summed E-state index contributed by atoms with van der Waals surface area (Å²) >= 11 is 0. The van der Waals surface area contributed by atoms with Gasteiger partial charge in [-0.2, -0.15) is 0 Å². The lowest BCUT2D eigenvalue weighted by molar-refractivity contribution is 0.657. The fourth-order valence-corrected chi connectivity index (χ4v) is 4.11. The molecule has 0 atom stereocenters. The molecule has 2 heterocycles. The molecule has 0 saturated carbocycles. The van der Waals surface area contributed by atoms with Crippen molar-refractivity contribution in [1.29, 1.82) is 0 Å². The van der Waals surface area contributed by atoms with E-state index in [0.29, 0.717) is 0 Å². The Morgan fingerprint density at radius 2 is 1.55 bits per heavy atom. The minimum absolute atomic E-state index is 0.691. The molecule has 0 aliphatic rings. The zero-order valence-corrected chi connectivity index (χ0v) is 18.4. The van der Waals surface area contributed by atoms with E-state index < -0.39 is 11.8 Å². The van der Waals surface area contributed by atoms with E-state index >= 15 is 0 Å². The maximum absolute atomic E-state index is 8.76. The van der Waals surface area contributed by atoms with Gasteiger partial charge in [-0.05, 0) is 70.4 Å². The Labute approximate surface area is 186 Å². The monoisotopic (exact) mass is 407 g/mol. The number of benzene rings is 3. The van der Waals surface area contributed by atoms with Crippen molar-refractivity contribution in [2.75, 3.05) is 0 Å². The molecule has 0 spiro atoms. The molecule has 0 aliphatic heterocycles. The van der Waals surface area contributed by atoms with Crippen LogP contribution in [0.2, 0.25) is 0 Å². The van der Waals surface area contributed by atoms with Gasteiger partial charge in [0.25, 0.3) is 0 Å². The Bertz CT molecular complexity index is 1470. The molecular formula is C29H27NO. The molecule has 0 fully saturated rings. The predicted octanol–water partition coefficient (Wildman–Crippen LogP) is 8.56. The van der Waals surface area contributed by atoms with Crippen LogP contribution in [-0.2, 0) is 0 Å². The van der Waals surface area contributed by atoms with Crippen molar-refractivity contribution in [3.8, 4) is 22.4 Å². The van der Waals surface area contributed by atoms with Gasteiger partial charge >= 0.3 is 0 Å². The second kappa shape index (κ2) is 7.70. The van der Waals surface area contributed by atoms with Crippen molar-refractivity contribution >= 4 is 21.9 Å². The standard InChI is InChI=1S/C29H27NO/c1-18(2)21-12-13-30-27(16-21)22-10-11-24-26-15-23(20-8-6-5-7-9-20)14-25(19(3)4)29(26)31-28(24)17-22/h5-19H,1-4H3/i18D,19D. The first kappa shape index (κ1) is 17.3. The first-order valence-corrected chi connectivity index (χ1v) is 10.6. The highest BCUT2D eigenvalue weighted by atomic mass is 16.3. The summed E-state index contributed by atoms with van der Waals surface area (Å²) in [5.41, 5.74) is 7.29. The van der Waals surface area contributed by atoms with Crippen LogP contribution in [0.25, 0.3) is 44.3 Å². The van der Waals surface area contributed by atoms with E-state index in [1.807, 2.05) is 64.1 Å². The number of hydrogen-bond acceptors (Lipinski definition) is 2.